The second-order valence-corrected chi connectivity index (χ2v) is 15.7. The summed E-state index contributed by atoms with van der Waals surface area (Å²) in [6.07, 6.45) is -0.323. The van der Waals surface area contributed by atoms with Crippen LogP contribution in [0.4, 0.5) is 0 Å². The molecule has 1 saturated heterocycles. The number of rotatable bonds is 7. The molecule has 1 heterocycles. The van der Waals surface area contributed by atoms with Gasteiger partial charge < -0.3 is 9.74 Å². The highest BCUT2D eigenvalue weighted by atomic mass is 35.5. The van der Waals surface area contributed by atoms with E-state index in [1.165, 1.54) is 4.90 Å². The van der Waals surface area contributed by atoms with E-state index in [4.69, 9.17) is 16.0 Å². The molecule has 3 amide bonds. The minimum absolute atomic E-state index is 0.00816. The van der Waals surface area contributed by atoms with Crippen LogP contribution in [0.15, 0.2) is 24.3 Å². The molecule has 0 aromatic heterocycles. The first kappa shape index (κ1) is 26.5. The van der Waals surface area contributed by atoms with Gasteiger partial charge in [-0.2, -0.15) is 0 Å². The Labute approximate surface area is 198 Å². The van der Waals surface area contributed by atoms with Gasteiger partial charge in [-0.25, -0.2) is 0 Å². The number of nitrogens with zero attached hydrogens (tertiary/aromatic N) is 1. The second-order valence-electron chi connectivity index (χ2n) is 10.5. The molecular formula is C24H37ClN2O4Si. The number of β-lactam (4-membered cyclic amide) rings is 1. The van der Waals surface area contributed by atoms with Crippen LogP contribution in [0.25, 0.3) is 0 Å². The summed E-state index contributed by atoms with van der Waals surface area (Å²) in [6.45, 7) is 18.0. The predicted molar refractivity (Wildman–Crippen MR) is 130 cm³/mol. The number of hydrogen-bond acceptors (Lipinski definition) is 4. The van der Waals surface area contributed by atoms with E-state index in [1.54, 1.807) is 45.0 Å². The first-order chi connectivity index (χ1) is 14.6. The Morgan fingerprint density at radius 2 is 1.69 bits per heavy atom. The van der Waals surface area contributed by atoms with Gasteiger partial charge in [0.05, 0.1) is 34.6 Å². The molecule has 0 aliphatic carbocycles. The molecule has 178 valence electrons. The molecule has 0 radical (unpaired) electrons. The van der Waals surface area contributed by atoms with Gasteiger partial charge in [0.15, 0.2) is 8.32 Å². The molecule has 1 N–H and O–H groups in total. The molecular weight excluding hydrogens is 444 g/mol. The van der Waals surface area contributed by atoms with Gasteiger partial charge in [-0.05, 0) is 51.0 Å². The third-order valence-corrected chi connectivity index (χ3v) is 11.7. The van der Waals surface area contributed by atoms with Crippen LogP contribution in [0.3, 0.4) is 0 Å². The molecule has 2 rings (SSSR count). The van der Waals surface area contributed by atoms with Crippen molar-refractivity contribution in [2.45, 2.75) is 84.8 Å². The van der Waals surface area contributed by atoms with Crippen molar-refractivity contribution in [3.63, 3.8) is 0 Å². The largest absolute Gasteiger partial charge is 0.413 e. The third-order valence-electron chi connectivity index (χ3n) is 6.80. The Bertz CT molecular complexity index is 881. The van der Waals surface area contributed by atoms with Crippen LogP contribution in [0.1, 0.15) is 58.8 Å². The quantitative estimate of drug-likeness (QED) is 0.445. The van der Waals surface area contributed by atoms with E-state index in [0.29, 0.717) is 5.02 Å². The van der Waals surface area contributed by atoms with Crippen molar-refractivity contribution in [3.8, 4) is 0 Å². The number of nitrogens with one attached hydrogen (secondary N) is 1. The number of halogens is 1. The summed E-state index contributed by atoms with van der Waals surface area (Å²) >= 11 is 6.21. The molecule has 1 fully saturated rings. The highest BCUT2D eigenvalue weighted by Crippen LogP contribution is 2.39. The Balaban J connectivity index is 2.23. The number of imide groups is 1. The van der Waals surface area contributed by atoms with Crippen molar-refractivity contribution in [1.82, 2.24) is 10.2 Å². The van der Waals surface area contributed by atoms with Crippen LogP contribution in [-0.2, 0) is 14.0 Å². The average Bonchev–Trinajstić information content (AvgIpc) is 2.63. The van der Waals surface area contributed by atoms with E-state index in [2.05, 4.69) is 39.2 Å². The van der Waals surface area contributed by atoms with Gasteiger partial charge in [0.25, 0.3) is 5.91 Å². The highest BCUT2D eigenvalue weighted by Gasteiger charge is 2.51. The minimum Gasteiger partial charge on any atom is -0.413 e. The monoisotopic (exact) mass is 480 g/mol. The SMILES string of the molecule is CC(C(=O)N(C(=O)c1ccccc1Cl)C(C)C)[C@H]1NC(=O)[C@@H]1[C@@H](C)O[Si](C)(C)C(C)(C)C. The van der Waals surface area contributed by atoms with Gasteiger partial charge in [-0.3, -0.25) is 19.3 Å². The third kappa shape index (κ3) is 5.26. The zero-order valence-corrected chi connectivity index (χ0v) is 22.4. The molecule has 6 nitrogen and oxygen atoms in total. The van der Waals surface area contributed by atoms with Crippen molar-refractivity contribution in [2.75, 3.05) is 0 Å². The van der Waals surface area contributed by atoms with Crippen LogP contribution in [0, 0.1) is 11.8 Å². The summed E-state index contributed by atoms with van der Waals surface area (Å²) in [5.74, 6) is -1.91. The standard InChI is InChI=1S/C24H37ClN2O4Si/c1-14(2)27(23(30)17-12-10-11-13-18(17)25)22(29)15(3)20-19(21(28)26-20)16(4)31-32(8,9)24(5,6)7/h10-16,19-20H,1-9H3,(H,26,28)/t15?,16-,19-,20-/m1/s1. The molecule has 32 heavy (non-hydrogen) atoms. The van der Waals surface area contributed by atoms with Crippen molar-refractivity contribution in [3.05, 3.63) is 34.9 Å². The number of hydrogen-bond donors (Lipinski definition) is 1. The average molecular weight is 481 g/mol. The maximum Gasteiger partial charge on any atom is 0.262 e. The first-order valence-electron chi connectivity index (χ1n) is 11.2. The van der Waals surface area contributed by atoms with Gasteiger partial charge in [-0.1, -0.05) is 51.4 Å². The molecule has 1 unspecified atom stereocenters. The Morgan fingerprint density at radius 1 is 1.12 bits per heavy atom. The van der Waals surface area contributed by atoms with Crippen LogP contribution < -0.4 is 5.32 Å². The zero-order valence-electron chi connectivity index (χ0n) is 20.7. The summed E-state index contributed by atoms with van der Waals surface area (Å²) in [7, 11) is -2.09. The molecule has 1 aromatic carbocycles. The highest BCUT2D eigenvalue weighted by molar-refractivity contribution is 6.74. The molecule has 1 aromatic rings. The smallest absolute Gasteiger partial charge is 0.262 e. The van der Waals surface area contributed by atoms with Crippen molar-refractivity contribution in [1.29, 1.82) is 0 Å². The van der Waals surface area contributed by atoms with Gasteiger partial charge in [0.2, 0.25) is 11.8 Å². The fourth-order valence-corrected chi connectivity index (χ4v) is 5.45. The summed E-state index contributed by atoms with van der Waals surface area (Å²) in [5, 5.41) is 3.18. The van der Waals surface area contributed by atoms with Crippen LogP contribution in [0.2, 0.25) is 23.2 Å². The van der Waals surface area contributed by atoms with E-state index in [0.717, 1.165) is 0 Å². The fourth-order valence-electron chi connectivity index (χ4n) is 3.80. The van der Waals surface area contributed by atoms with Crippen LogP contribution in [0.5, 0.6) is 0 Å². The van der Waals surface area contributed by atoms with Crippen molar-refractivity contribution >= 4 is 37.6 Å². The summed E-state index contributed by atoms with van der Waals surface area (Å²) < 4.78 is 6.45. The molecule has 0 bridgehead atoms. The lowest BCUT2D eigenvalue weighted by Gasteiger charge is -2.47. The van der Waals surface area contributed by atoms with Crippen molar-refractivity contribution in [2.24, 2.45) is 11.8 Å². The summed E-state index contributed by atoms with van der Waals surface area (Å²) in [6, 6.07) is 5.94. The van der Waals surface area contributed by atoms with E-state index in [9.17, 15) is 14.4 Å². The number of carbonyl (C=O) groups excluding carboxylic acids is 3. The van der Waals surface area contributed by atoms with Crippen LogP contribution >= 0.6 is 11.6 Å². The first-order valence-corrected chi connectivity index (χ1v) is 14.5. The summed E-state index contributed by atoms with van der Waals surface area (Å²) in [4.78, 5) is 40.3. The normalized spacial score (nSPS) is 20.9. The molecule has 1 aliphatic heterocycles. The summed E-state index contributed by atoms with van der Waals surface area (Å²) in [5.41, 5.74) is 0.284. The van der Waals surface area contributed by atoms with Gasteiger partial charge in [0.1, 0.15) is 0 Å². The topological polar surface area (TPSA) is 75.7 Å². The fraction of sp³-hybridized carbons (Fsp3) is 0.625. The predicted octanol–water partition coefficient (Wildman–Crippen LogP) is 4.88. The molecule has 0 saturated carbocycles. The van der Waals surface area contributed by atoms with Crippen molar-refractivity contribution < 1.29 is 18.8 Å². The Hall–Kier alpha value is -1.70. The maximum absolute atomic E-state index is 13.4. The molecule has 4 atom stereocenters. The number of benzene rings is 1. The van der Waals surface area contributed by atoms with E-state index in [-0.39, 0.29) is 34.6 Å². The Kier molecular flexibility index (Phi) is 8.01. The molecule has 0 spiro atoms. The van der Waals surface area contributed by atoms with Gasteiger partial charge >= 0.3 is 0 Å². The zero-order chi connectivity index (χ0) is 24.6. The lowest BCUT2D eigenvalue weighted by atomic mass is 9.78. The van der Waals surface area contributed by atoms with Gasteiger partial charge in [0, 0.05) is 6.04 Å². The molecule has 8 heteroatoms. The van der Waals surface area contributed by atoms with E-state index < -0.39 is 32.1 Å². The van der Waals surface area contributed by atoms with E-state index >= 15 is 0 Å². The van der Waals surface area contributed by atoms with Crippen LogP contribution in [-0.4, -0.2) is 49.1 Å². The van der Waals surface area contributed by atoms with E-state index in [1.807, 2.05) is 6.92 Å². The Morgan fingerprint density at radius 3 is 2.16 bits per heavy atom. The lowest BCUT2D eigenvalue weighted by Crippen LogP contribution is -2.68. The lowest BCUT2D eigenvalue weighted by molar-refractivity contribution is -0.147. The van der Waals surface area contributed by atoms with Gasteiger partial charge in [-0.15, -0.1) is 0 Å². The number of carbonyl (C=O) groups is 3. The maximum atomic E-state index is 13.4. The second kappa shape index (κ2) is 9.65. The number of amides is 3. The minimum atomic E-state index is -2.09. The molecule has 1 aliphatic rings.